The lowest BCUT2D eigenvalue weighted by Gasteiger charge is -2.50. The number of nitrogens with two attached hydrogens (primary N) is 1. The molecule has 2 rings (SSSR count). The highest BCUT2D eigenvalue weighted by Crippen LogP contribution is 2.34. The lowest BCUT2D eigenvalue weighted by atomic mass is 9.75. The molecule has 18 heavy (non-hydrogen) atoms. The van der Waals surface area contributed by atoms with E-state index >= 15 is 0 Å². The summed E-state index contributed by atoms with van der Waals surface area (Å²) in [7, 11) is 0. The van der Waals surface area contributed by atoms with Crippen LogP contribution in [0.1, 0.15) is 33.5 Å². The van der Waals surface area contributed by atoms with Crippen molar-refractivity contribution in [2.24, 2.45) is 17.6 Å². The van der Waals surface area contributed by atoms with Gasteiger partial charge in [-0.2, -0.15) is 0 Å². The summed E-state index contributed by atoms with van der Waals surface area (Å²) in [6, 6.07) is 0. The third kappa shape index (κ3) is 1.95. The molecule has 1 aliphatic rings. The second-order valence-electron chi connectivity index (χ2n) is 5.87. The summed E-state index contributed by atoms with van der Waals surface area (Å²) in [5.41, 5.74) is 6.20. The maximum absolute atomic E-state index is 6.15. The van der Waals surface area contributed by atoms with Crippen LogP contribution in [0.5, 0.6) is 0 Å². The Morgan fingerprint density at radius 1 is 1.28 bits per heavy atom. The summed E-state index contributed by atoms with van der Waals surface area (Å²) in [5.74, 6) is 2.11. The predicted molar refractivity (Wildman–Crippen MR) is 71.9 cm³/mol. The van der Waals surface area contributed by atoms with Crippen LogP contribution >= 0.6 is 0 Å². The molecule has 102 valence electrons. The van der Waals surface area contributed by atoms with E-state index in [4.69, 9.17) is 5.73 Å². The van der Waals surface area contributed by atoms with Crippen LogP contribution < -0.4 is 5.73 Å². The van der Waals surface area contributed by atoms with E-state index in [9.17, 15) is 0 Å². The molecule has 0 bridgehead atoms. The van der Waals surface area contributed by atoms with Crippen molar-refractivity contribution in [3.63, 3.8) is 0 Å². The van der Waals surface area contributed by atoms with Gasteiger partial charge in [-0.15, -0.1) is 10.2 Å². The number of fused-ring (bicyclic) bond motifs is 1. The molecule has 1 aliphatic heterocycles. The molecule has 0 saturated heterocycles. The van der Waals surface area contributed by atoms with Crippen LogP contribution in [0.4, 0.5) is 0 Å². The van der Waals surface area contributed by atoms with Crippen molar-refractivity contribution in [2.75, 3.05) is 13.1 Å². The Hall–Kier alpha value is -0.940. The average Bonchev–Trinajstić information content (AvgIpc) is 2.76. The molecule has 2 N–H and O–H groups in total. The van der Waals surface area contributed by atoms with E-state index in [0.717, 1.165) is 25.5 Å². The van der Waals surface area contributed by atoms with E-state index < -0.39 is 0 Å². The first-order valence-electron chi connectivity index (χ1n) is 6.84. The fraction of sp³-hybridized carbons (Fsp3) is 0.846. The Kier molecular flexibility index (Phi) is 3.73. The first kappa shape index (κ1) is 13.5. The largest absolute Gasteiger partial charge is 0.329 e. The van der Waals surface area contributed by atoms with Crippen LogP contribution in [0.2, 0.25) is 0 Å². The van der Waals surface area contributed by atoms with Crippen molar-refractivity contribution >= 4 is 0 Å². The Morgan fingerprint density at radius 3 is 2.50 bits per heavy atom. The van der Waals surface area contributed by atoms with Crippen molar-refractivity contribution in [1.29, 1.82) is 0 Å². The maximum Gasteiger partial charge on any atom is 0.147 e. The maximum atomic E-state index is 6.15. The minimum Gasteiger partial charge on any atom is -0.329 e. The van der Waals surface area contributed by atoms with E-state index in [1.165, 1.54) is 0 Å². The van der Waals surface area contributed by atoms with Crippen molar-refractivity contribution in [3.8, 4) is 0 Å². The Bertz CT molecular complexity index is 388. The average molecular weight is 251 g/mol. The summed E-state index contributed by atoms with van der Waals surface area (Å²) < 4.78 is 2.14. The van der Waals surface area contributed by atoms with Crippen LogP contribution in [0, 0.1) is 11.8 Å². The normalized spacial score (nSPS) is 17.5. The molecular formula is C13H25N5. The topological polar surface area (TPSA) is 60.0 Å². The van der Waals surface area contributed by atoms with Crippen LogP contribution in [0.15, 0.2) is 6.33 Å². The van der Waals surface area contributed by atoms with E-state index in [0.29, 0.717) is 18.4 Å². The first-order valence-corrected chi connectivity index (χ1v) is 6.84. The summed E-state index contributed by atoms with van der Waals surface area (Å²) in [6.45, 7) is 12.6. The molecule has 0 radical (unpaired) electrons. The second kappa shape index (κ2) is 4.97. The van der Waals surface area contributed by atoms with Gasteiger partial charge in [-0.05, 0) is 11.8 Å². The number of hydrogen-bond donors (Lipinski definition) is 1. The lowest BCUT2D eigenvalue weighted by Crippen LogP contribution is -2.62. The van der Waals surface area contributed by atoms with Gasteiger partial charge in [0, 0.05) is 25.2 Å². The number of aromatic nitrogens is 3. The monoisotopic (exact) mass is 251 g/mol. The van der Waals surface area contributed by atoms with Crippen molar-refractivity contribution in [2.45, 2.75) is 46.3 Å². The molecule has 0 aliphatic carbocycles. The van der Waals surface area contributed by atoms with Crippen LogP contribution in [0.25, 0.3) is 0 Å². The van der Waals surface area contributed by atoms with Crippen LogP contribution in [-0.4, -0.2) is 38.3 Å². The molecule has 0 fully saturated rings. The number of nitrogens with zero attached hydrogens (tertiary/aromatic N) is 4. The van der Waals surface area contributed by atoms with Crippen LogP contribution in [0.3, 0.4) is 0 Å². The van der Waals surface area contributed by atoms with Gasteiger partial charge in [0.1, 0.15) is 12.2 Å². The molecule has 0 spiro atoms. The summed E-state index contributed by atoms with van der Waals surface area (Å²) in [5, 5.41) is 8.19. The number of hydrogen-bond acceptors (Lipinski definition) is 4. The minimum absolute atomic E-state index is 0.0528. The molecule has 5 heteroatoms. The molecule has 2 heterocycles. The molecule has 0 unspecified atom stereocenters. The summed E-state index contributed by atoms with van der Waals surface area (Å²) in [6.07, 6.45) is 1.82. The van der Waals surface area contributed by atoms with E-state index in [1.54, 1.807) is 0 Å². The number of rotatable bonds is 4. The smallest absolute Gasteiger partial charge is 0.147 e. The molecule has 0 amide bonds. The van der Waals surface area contributed by atoms with Gasteiger partial charge in [0.25, 0.3) is 0 Å². The third-order valence-corrected chi connectivity index (χ3v) is 4.55. The third-order valence-electron chi connectivity index (χ3n) is 4.55. The Morgan fingerprint density at radius 2 is 1.94 bits per heavy atom. The quantitative estimate of drug-likeness (QED) is 0.870. The molecule has 0 atom stereocenters. The van der Waals surface area contributed by atoms with Gasteiger partial charge in [0.05, 0.1) is 6.54 Å². The van der Waals surface area contributed by atoms with Gasteiger partial charge < -0.3 is 10.3 Å². The minimum atomic E-state index is 0.0528. The van der Waals surface area contributed by atoms with Crippen LogP contribution in [-0.2, 0) is 13.1 Å². The van der Waals surface area contributed by atoms with Gasteiger partial charge in [-0.1, -0.05) is 27.7 Å². The zero-order chi connectivity index (χ0) is 13.3. The zero-order valence-electron chi connectivity index (χ0n) is 11.9. The van der Waals surface area contributed by atoms with Gasteiger partial charge in [-0.25, -0.2) is 0 Å². The predicted octanol–water partition coefficient (Wildman–Crippen LogP) is 1.10. The molecular weight excluding hydrogens is 226 g/mol. The fourth-order valence-corrected chi connectivity index (χ4v) is 3.42. The van der Waals surface area contributed by atoms with E-state index in [1.807, 2.05) is 6.33 Å². The Balaban J connectivity index is 2.29. The lowest BCUT2D eigenvalue weighted by molar-refractivity contribution is -0.0104. The van der Waals surface area contributed by atoms with Crippen molar-refractivity contribution in [3.05, 3.63) is 12.2 Å². The highest BCUT2D eigenvalue weighted by Gasteiger charge is 2.42. The van der Waals surface area contributed by atoms with Crippen molar-refractivity contribution in [1.82, 2.24) is 19.7 Å². The van der Waals surface area contributed by atoms with E-state index in [2.05, 4.69) is 47.4 Å². The van der Waals surface area contributed by atoms with Crippen molar-refractivity contribution < 1.29 is 0 Å². The zero-order valence-corrected chi connectivity index (χ0v) is 11.9. The molecule has 1 aromatic heterocycles. The molecule has 5 nitrogen and oxygen atoms in total. The highest BCUT2D eigenvalue weighted by molar-refractivity contribution is 5.01. The molecule has 0 aromatic carbocycles. The Labute approximate surface area is 109 Å². The van der Waals surface area contributed by atoms with Gasteiger partial charge >= 0.3 is 0 Å². The fourth-order valence-electron chi connectivity index (χ4n) is 3.42. The summed E-state index contributed by atoms with van der Waals surface area (Å²) in [4.78, 5) is 2.51. The van der Waals surface area contributed by atoms with Gasteiger partial charge in [-0.3, -0.25) is 4.90 Å². The standard InChI is InChI=1S/C13H25N5/c1-10(2)13(8-14,11(3)4)18-6-5-17-9-15-16-12(17)7-18/h9-11H,5-8,14H2,1-4H3. The van der Waals surface area contributed by atoms with Gasteiger partial charge in [0.2, 0.25) is 0 Å². The first-order chi connectivity index (χ1) is 8.52. The second-order valence-corrected chi connectivity index (χ2v) is 5.87. The summed E-state index contributed by atoms with van der Waals surface area (Å²) >= 11 is 0. The van der Waals surface area contributed by atoms with E-state index in [-0.39, 0.29) is 5.54 Å². The van der Waals surface area contributed by atoms with Gasteiger partial charge in [0.15, 0.2) is 0 Å². The molecule has 0 saturated carbocycles. The SMILES string of the molecule is CC(C)C(CN)(C(C)C)N1CCn2cnnc2C1. The highest BCUT2D eigenvalue weighted by atomic mass is 15.3. The molecule has 1 aromatic rings.